The number of carbonyl (C=O) groups is 1. The summed E-state index contributed by atoms with van der Waals surface area (Å²) in [4.78, 5) is 16.9. The van der Waals surface area contributed by atoms with Crippen LogP contribution in [-0.4, -0.2) is 24.0 Å². The van der Waals surface area contributed by atoms with Crippen LogP contribution in [0.5, 0.6) is 0 Å². The lowest BCUT2D eigenvalue weighted by atomic mass is 9.87. The van der Waals surface area contributed by atoms with E-state index in [0.29, 0.717) is 22.4 Å². The van der Waals surface area contributed by atoms with Crippen LogP contribution in [-0.2, 0) is 0 Å². The summed E-state index contributed by atoms with van der Waals surface area (Å²) in [5, 5.41) is 6.76. The first kappa shape index (κ1) is 17.8. The van der Waals surface area contributed by atoms with Crippen molar-refractivity contribution in [2.24, 2.45) is 5.41 Å². The number of nitrogens with one attached hydrogen (secondary N) is 2. The van der Waals surface area contributed by atoms with Crippen molar-refractivity contribution < 1.29 is 4.79 Å². The minimum atomic E-state index is -0.127. The first-order valence-electron chi connectivity index (χ1n) is 7.68. The van der Waals surface area contributed by atoms with E-state index in [1.165, 1.54) is 30.6 Å². The maximum Gasteiger partial charge on any atom is 0.265 e. The molecule has 0 aromatic carbocycles. The van der Waals surface area contributed by atoms with Gasteiger partial charge in [-0.3, -0.25) is 4.79 Å². The van der Waals surface area contributed by atoms with Crippen molar-refractivity contribution in [2.75, 3.05) is 24.1 Å². The summed E-state index contributed by atoms with van der Waals surface area (Å²) in [5.41, 5.74) is 5.91. The average molecular weight is 312 g/mol. The second kappa shape index (κ2) is 8.22. The highest BCUT2D eigenvalue weighted by molar-refractivity contribution is 7.18. The number of unbranched alkanes of at least 4 members (excludes halogenated alkanes) is 2. The smallest absolute Gasteiger partial charge is 0.265 e. The molecule has 0 bridgehead atoms. The fourth-order valence-corrected chi connectivity index (χ4v) is 2.93. The van der Waals surface area contributed by atoms with E-state index < -0.39 is 0 Å². The molecule has 0 aliphatic rings. The largest absolute Gasteiger partial charge is 0.382 e. The fraction of sp³-hybridized carbons (Fsp3) is 0.733. The molecule has 0 saturated heterocycles. The van der Waals surface area contributed by atoms with Crippen LogP contribution in [0.1, 0.15) is 63.0 Å². The van der Waals surface area contributed by atoms with Crippen molar-refractivity contribution in [2.45, 2.75) is 53.4 Å². The van der Waals surface area contributed by atoms with Crippen LogP contribution < -0.4 is 16.4 Å². The van der Waals surface area contributed by atoms with Crippen molar-refractivity contribution in [1.82, 2.24) is 10.3 Å². The number of anilines is 2. The van der Waals surface area contributed by atoms with Gasteiger partial charge in [-0.05, 0) is 18.8 Å². The Labute approximate surface area is 131 Å². The number of amides is 1. The van der Waals surface area contributed by atoms with Crippen LogP contribution >= 0.6 is 11.3 Å². The summed E-state index contributed by atoms with van der Waals surface area (Å²) in [5.74, 6) is 0.176. The zero-order chi connectivity index (χ0) is 15.9. The van der Waals surface area contributed by atoms with E-state index in [4.69, 9.17) is 5.73 Å². The zero-order valence-electron chi connectivity index (χ0n) is 13.6. The Morgan fingerprint density at radius 1 is 1.33 bits per heavy atom. The molecule has 21 heavy (non-hydrogen) atoms. The number of rotatable bonds is 9. The molecule has 1 rings (SSSR count). The Kier molecular flexibility index (Phi) is 6.95. The third kappa shape index (κ3) is 5.91. The molecular weight excluding hydrogens is 284 g/mol. The number of nitrogens with two attached hydrogens (primary N) is 1. The summed E-state index contributed by atoms with van der Waals surface area (Å²) in [7, 11) is 0. The Bertz CT molecular complexity index is 457. The van der Waals surface area contributed by atoms with Gasteiger partial charge in [0.05, 0.1) is 0 Å². The summed E-state index contributed by atoms with van der Waals surface area (Å²) in [6.45, 7) is 9.97. The number of nitrogens with zero attached hydrogens (tertiary/aromatic N) is 1. The topological polar surface area (TPSA) is 80.0 Å². The SMILES string of the molecule is CCCCCC(C)(C)CNC(=O)c1sc(NCC)nc1N. The predicted octanol–water partition coefficient (Wildman–Crippen LogP) is 3.49. The summed E-state index contributed by atoms with van der Waals surface area (Å²) in [6, 6.07) is 0. The molecule has 5 nitrogen and oxygen atoms in total. The first-order valence-corrected chi connectivity index (χ1v) is 8.49. The van der Waals surface area contributed by atoms with Crippen molar-refractivity contribution in [3.63, 3.8) is 0 Å². The third-order valence-corrected chi connectivity index (χ3v) is 4.40. The van der Waals surface area contributed by atoms with Crippen molar-refractivity contribution in [3.8, 4) is 0 Å². The van der Waals surface area contributed by atoms with Gasteiger partial charge in [-0.25, -0.2) is 4.98 Å². The van der Waals surface area contributed by atoms with Gasteiger partial charge >= 0.3 is 0 Å². The van der Waals surface area contributed by atoms with E-state index in [1.807, 2.05) is 6.92 Å². The summed E-state index contributed by atoms with van der Waals surface area (Å²) >= 11 is 1.30. The molecule has 0 spiro atoms. The van der Waals surface area contributed by atoms with Gasteiger partial charge in [0.2, 0.25) is 0 Å². The van der Waals surface area contributed by atoms with Crippen LogP contribution in [0.4, 0.5) is 10.9 Å². The number of hydrogen-bond donors (Lipinski definition) is 3. The second-order valence-electron chi connectivity index (χ2n) is 6.07. The van der Waals surface area contributed by atoms with Crippen LogP contribution in [0.25, 0.3) is 0 Å². The molecule has 1 aromatic rings. The van der Waals surface area contributed by atoms with Crippen LogP contribution in [0.3, 0.4) is 0 Å². The molecule has 6 heteroatoms. The standard InChI is InChI=1S/C15H28N4OS/c1-5-7-8-9-15(3,4)10-18-13(20)11-12(16)19-14(21-11)17-6-2/h5-10,16H2,1-4H3,(H,17,19)(H,18,20). The minimum absolute atomic E-state index is 0.106. The van der Waals surface area contributed by atoms with E-state index in [-0.39, 0.29) is 11.3 Å². The lowest BCUT2D eigenvalue weighted by molar-refractivity contribution is 0.0939. The van der Waals surface area contributed by atoms with Gasteiger partial charge in [0, 0.05) is 13.1 Å². The number of aromatic nitrogens is 1. The van der Waals surface area contributed by atoms with E-state index >= 15 is 0 Å². The highest BCUT2D eigenvalue weighted by Crippen LogP contribution is 2.26. The van der Waals surface area contributed by atoms with E-state index in [1.54, 1.807) is 0 Å². The third-order valence-electron chi connectivity index (χ3n) is 3.37. The van der Waals surface area contributed by atoms with Crippen LogP contribution in [0.15, 0.2) is 0 Å². The Balaban J connectivity index is 2.53. The Morgan fingerprint density at radius 2 is 2.05 bits per heavy atom. The van der Waals surface area contributed by atoms with Gasteiger partial charge in [-0.15, -0.1) is 0 Å². The van der Waals surface area contributed by atoms with Crippen molar-refractivity contribution in [3.05, 3.63) is 4.88 Å². The van der Waals surface area contributed by atoms with Gasteiger partial charge in [0.1, 0.15) is 10.7 Å². The molecule has 0 aliphatic heterocycles. The molecule has 4 N–H and O–H groups in total. The van der Waals surface area contributed by atoms with Gasteiger partial charge in [-0.1, -0.05) is 51.4 Å². The molecule has 0 unspecified atom stereocenters. The Morgan fingerprint density at radius 3 is 2.67 bits per heavy atom. The van der Waals surface area contributed by atoms with Crippen LogP contribution in [0, 0.1) is 5.41 Å². The lowest BCUT2D eigenvalue weighted by Gasteiger charge is -2.24. The summed E-state index contributed by atoms with van der Waals surface area (Å²) in [6.07, 6.45) is 4.77. The van der Waals surface area contributed by atoms with Gasteiger partial charge in [0.15, 0.2) is 5.13 Å². The van der Waals surface area contributed by atoms with Gasteiger partial charge < -0.3 is 16.4 Å². The molecule has 120 valence electrons. The minimum Gasteiger partial charge on any atom is -0.382 e. The van der Waals surface area contributed by atoms with Crippen molar-refractivity contribution >= 4 is 28.2 Å². The van der Waals surface area contributed by atoms with Gasteiger partial charge in [-0.2, -0.15) is 0 Å². The number of carbonyl (C=O) groups excluding carboxylic acids is 1. The van der Waals surface area contributed by atoms with Gasteiger partial charge in [0.25, 0.3) is 5.91 Å². The highest BCUT2D eigenvalue weighted by atomic mass is 32.1. The first-order chi connectivity index (χ1) is 9.89. The number of hydrogen-bond acceptors (Lipinski definition) is 5. The normalized spacial score (nSPS) is 11.4. The number of nitrogen functional groups attached to an aromatic ring is 1. The van der Waals surface area contributed by atoms with E-state index in [9.17, 15) is 4.79 Å². The molecular formula is C15H28N4OS. The quantitative estimate of drug-likeness (QED) is 0.610. The molecule has 1 heterocycles. The molecule has 1 aromatic heterocycles. The predicted molar refractivity (Wildman–Crippen MR) is 90.9 cm³/mol. The molecule has 1 amide bonds. The van der Waals surface area contributed by atoms with E-state index in [2.05, 4.69) is 36.4 Å². The molecule has 0 aliphatic carbocycles. The second-order valence-corrected chi connectivity index (χ2v) is 7.07. The zero-order valence-corrected chi connectivity index (χ0v) is 14.4. The maximum absolute atomic E-state index is 12.2. The van der Waals surface area contributed by atoms with Crippen LogP contribution in [0.2, 0.25) is 0 Å². The molecule has 0 radical (unpaired) electrons. The fourth-order valence-electron chi connectivity index (χ4n) is 2.06. The van der Waals surface area contributed by atoms with Crippen molar-refractivity contribution in [1.29, 1.82) is 0 Å². The Hall–Kier alpha value is -1.30. The maximum atomic E-state index is 12.2. The lowest BCUT2D eigenvalue weighted by Crippen LogP contribution is -2.33. The molecule has 0 saturated carbocycles. The average Bonchev–Trinajstić information content (AvgIpc) is 2.78. The highest BCUT2D eigenvalue weighted by Gasteiger charge is 2.21. The molecule has 0 atom stereocenters. The van der Waals surface area contributed by atoms with E-state index in [0.717, 1.165) is 13.0 Å². The monoisotopic (exact) mass is 312 g/mol. The number of thiazole rings is 1. The molecule has 0 fully saturated rings. The summed E-state index contributed by atoms with van der Waals surface area (Å²) < 4.78 is 0.